The van der Waals surface area contributed by atoms with E-state index in [1.807, 2.05) is 42.5 Å². The van der Waals surface area contributed by atoms with Gasteiger partial charge in [0.15, 0.2) is 0 Å². The lowest BCUT2D eigenvalue weighted by atomic mass is 10.1. The fraction of sp³-hybridized carbons (Fsp3) is 0.150. The summed E-state index contributed by atoms with van der Waals surface area (Å²) in [4.78, 5) is 27.0. The van der Waals surface area contributed by atoms with Crippen LogP contribution in [0, 0.1) is 10.1 Å². The van der Waals surface area contributed by atoms with E-state index in [0.29, 0.717) is 11.3 Å². The van der Waals surface area contributed by atoms with Crippen molar-refractivity contribution >= 4 is 33.7 Å². The summed E-state index contributed by atoms with van der Waals surface area (Å²) in [7, 11) is 5.27. The van der Waals surface area contributed by atoms with E-state index in [9.17, 15) is 14.9 Å². The second-order valence-electron chi connectivity index (χ2n) is 6.25. The van der Waals surface area contributed by atoms with Crippen molar-refractivity contribution in [1.29, 1.82) is 0 Å². The molecule has 0 aromatic heterocycles. The number of fused-ring (bicyclic) bond motifs is 1. The van der Waals surface area contributed by atoms with Crippen LogP contribution in [0.4, 0.5) is 17.1 Å². The molecule has 0 saturated heterocycles. The first-order valence-corrected chi connectivity index (χ1v) is 8.11. The highest BCUT2D eigenvalue weighted by Gasteiger charge is 2.21. The lowest BCUT2D eigenvalue weighted by Crippen LogP contribution is -2.28. The number of amides is 1. The number of carbonyl (C=O) groups excluding carboxylic acids is 1. The summed E-state index contributed by atoms with van der Waals surface area (Å²) in [6.45, 7) is 0. The maximum atomic E-state index is 13.1. The van der Waals surface area contributed by atoms with Gasteiger partial charge in [-0.15, -0.1) is 0 Å². The van der Waals surface area contributed by atoms with Gasteiger partial charge < -0.3 is 9.80 Å². The van der Waals surface area contributed by atoms with Crippen LogP contribution in [0.15, 0.2) is 60.7 Å². The van der Waals surface area contributed by atoms with Gasteiger partial charge in [-0.05, 0) is 29.0 Å². The molecule has 3 aromatic rings. The summed E-state index contributed by atoms with van der Waals surface area (Å²) in [5, 5.41) is 13.2. The summed E-state index contributed by atoms with van der Waals surface area (Å²) in [6, 6.07) is 18.0. The zero-order chi connectivity index (χ0) is 18.8. The van der Waals surface area contributed by atoms with Crippen molar-refractivity contribution in [2.75, 3.05) is 30.9 Å². The molecule has 6 nitrogen and oxygen atoms in total. The van der Waals surface area contributed by atoms with E-state index in [1.165, 1.54) is 17.0 Å². The molecule has 0 saturated carbocycles. The molecule has 0 unspecified atom stereocenters. The Morgan fingerprint density at radius 1 is 0.923 bits per heavy atom. The first kappa shape index (κ1) is 17.4. The molecule has 0 aliphatic carbocycles. The first-order chi connectivity index (χ1) is 12.4. The second-order valence-corrected chi connectivity index (χ2v) is 6.25. The van der Waals surface area contributed by atoms with Gasteiger partial charge in [0.2, 0.25) is 0 Å². The summed E-state index contributed by atoms with van der Waals surface area (Å²) < 4.78 is 0. The average molecular weight is 349 g/mol. The average Bonchev–Trinajstić information content (AvgIpc) is 2.65. The Morgan fingerprint density at radius 2 is 1.62 bits per heavy atom. The lowest BCUT2D eigenvalue weighted by Gasteiger charge is -2.22. The van der Waals surface area contributed by atoms with Crippen molar-refractivity contribution in [3.8, 4) is 0 Å². The van der Waals surface area contributed by atoms with Crippen LogP contribution in [-0.2, 0) is 0 Å². The highest BCUT2D eigenvalue weighted by Crippen LogP contribution is 2.28. The zero-order valence-corrected chi connectivity index (χ0v) is 14.8. The normalized spacial score (nSPS) is 10.6. The van der Waals surface area contributed by atoms with Crippen LogP contribution < -0.4 is 9.80 Å². The molecule has 26 heavy (non-hydrogen) atoms. The highest BCUT2D eigenvalue weighted by molar-refractivity contribution is 6.10. The maximum absolute atomic E-state index is 13.1. The van der Waals surface area contributed by atoms with Crippen molar-refractivity contribution in [3.05, 3.63) is 76.3 Å². The number of anilines is 2. The van der Waals surface area contributed by atoms with E-state index in [-0.39, 0.29) is 11.6 Å². The van der Waals surface area contributed by atoms with Crippen molar-refractivity contribution in [3.63, 3.8) is 0 Å². The predicted octanol–water partition coefficient (Wildman–Crippen LogP) is 4.09. The minimum absolute atomic E-state index is 0.106. The monoisotopic (exact) mass is 349 g/mol. The molecule has 0 radical (unpaired) electrons. The maximum Gasteiger partial charge on any atom is 0.270 e. The predicted molar refractivity (Wildman–Crippen MR) is 104 cm³/mol. The molecule has 0 N–H and O–H groups in total. The number of nitro groups is 1. The van der Waals surface area contributed by atoms with Gasteiger partial charge in [-0.1, -0.05) is 30.3 Å². The Kier molecular flexibility index (Phi) is 4.58. The Balaban J connectivity index is 2.04. The molecular weight excluding hydrogens is 330 g/mol. The number of hydrogen-bond acceptors (Lipinski definition) is 4. The number of non-ortho nitro benzene ring substituents is 1. The van der Waals surface area contributed by atoms with Gasteiger partial charge in [-0.2, -0.15) is 0 Å². The van der Waals surface area contributed by atoms with E-state index in [4.69, 9.17) is 0 Å². The topological polar surface area (TPSA) is 66.7 Å². The summed E-state index contributed by atoms with van der Waals surface area (Å²) in [6.07, 6.45) is 0. The first-order valence-electron chi connectivity index (χ1n) is 8.11. The van der Waals surface area contributed by atoms with Crippen LogP contribution in [0.25, 0.3) is 10.8 Å². The molecular formula is C20H19N3O3. The molecule has 0 spiro atoms. The van der Waals surface area contributed by atoms with Gasteiger partial charge in [0.1, 0.15) is 0 Å². The van der Waals surface area contributed by atoms with E-state index in [1.54, 1.807) is 32.1 Å². The van der Waals surface area contributed by atoms with E-state index < -0.39 is 4.92 Å². The number of benzene rings is 3. The van der Waals surface area contributed by atoms with Gasteiger partial charge in [0, 0.05) is 44.7 Å². The minimum Gasteiger partial charge on any atom is -0.377 e. The Hall–Kier alpha value is -3.41. The highest BCUT2D eigenvalue weighted by atomic mass is 16.6. The zero-order valence-electron chi connectivity index (χ0n) is 14.8. The number of nitrogens with zero attached hydrogens (tertiary/aromatic N) is 3. The number of rotatable bonds is 4. The molecule has 0 atom stereocenters. The van der Waals surface area contributed by atoms with Crippen molar-refractivity contribution in [2.45, 2.75) is 0 Å². The third kappa shape index (κ3) is 3.21. The standard InChI is InChI=1S/C20H19N3O3/c1-21(2)19-11-10-17(23(25)26)13-18(19)20(24)22(3)16-9-8-14-6-4-5-7-15(14)12-16/h4-13H,1-3H3. The molecule has 0 heterocycles. The molecule has 6 heteroatoms. The van der Waals surface area contributed by atoms with Crippen LogP contribution in [0.5, 0.6) is 0 Å². The van der Waals surface area contributed by atoms with Crippen LogP contribution in [-0.4, -0.2) is 32.0 Å². The Morgan fingerprint density at radius 3 is 2.27 bits per heavy atom. The number of nitro benzene ring substituents is 1. The van der Waals surface area contributed by atoms with E-state index in [0.717, 1.165) is 16.5 Å². The lowest BCUT2D eigenvalue weighted by molar-refractivity contribution is -0.384. The third-order valence-electron chi connectivity index (χ3n) is 4.33. The molecule has 0 aliphatic rings. The van der Waals surface area contributed by atoms with Gasteiger partial charge >= 0.3 is 0 Å². The van der Waals surface area contributed by atoms with Gasteiger partial charge in [-0.3, -0.25) is 14.9 Å². The molecule has 3 aromatic carbocycles. The van der Waals surface area contributed by atoms with Crippen LogP contribution in [0.2, 0.25) is 0 Å². The smallest absolute Gasteiger partial charge is 0.270 e. The Bertz CT molecular complexity index is 999. The van der Waals surface area contributed by atoms with E-state index >= 15 is 0 Å². The van der Waals surface area contributed by atoms with Gasteiger partial charge in [0.05, 0.1) is 10.5 Å². The van der Waals surface area contributed by atoms with Crippen molar-refractivity contribution in [1.82, 2.24) is 0 Å². The third-order valence-corrected chi connectivity index (χ3v) is 4.33. The fourth-order valence-electron chi connectivity index (χ4n) is 2.88. The SMILES string of the molecule is CN(C)c1ccc([N+](=O)[O-])cc1C(=O)N(C)c1ccc2ccccc2c1. The quantitative estimate of drug-likeness (QED) is 0.525. The second kappa shape index (κ2) is 6.84. The molecule has 0 bridgehead atoms. The van der Waals surface area contributed by atoms with Crippen molar-refractivity contribution < 1.29 is 9.72 Å². The van der Waals surface area contributed by atoms with Gasteiger partial charge in [-0.25, -0.2) is 0 Å². The minimum atomic E-state index is -0.494. The van der Waals surface area contributed by atoms with Crippen LogP contribution >= 0.6 is 0 Å². The van der Waals surface area contributed by atoms with Crippen LogP contribution in [0.3, 0.4) is 0 Å². The molecule has 3 rings (SSSR count). The number of carbonyl (C=O) groups is 1. The molecule has 132 valence electrons. The van der Waals surface area contributed by atoms with Crippen molar-refractivity contribution in [2.24, 2.45) is 0 Å². The fourth-order valence-corrected chi connectivity index (χ4v) is 2.88. The summed E-state index contributed by atoms with van der Waals surface area (Å²) in [5.74, 6) is -0.298. The van der Waals surface area contributed by atoms with Gasteiger partial charge in [0.25, 0.3) is 11.6 Å². The van der Waals surface area contributed by atoms with E-state index in [2.05, 4.69) is 0 Å². The molecule has 1 amide bonds. The summed E-state index contributed by atoms with van der Waals surface area (Å²) in [5.41, 5.74) is 1.55. The summed E-state index contributed by atoms with van der Waals surface area (Å²) >= 11 is 0. The molecule has 0 aliphatic heterocycles. The largest absolute Gasteiger partial charge is 0.377 e. The number of hydrogen-bond donors (Lipinski definition) is 0. The molecule has 0 fully saturated rings. The van der Waals surface area contributed by atoms with Crippen LogP contribution in [0.1, 0.15) is 10.4 Å². The Labute approximate surface area is 151 Å².